The molecule has 2 aromatic heterocycles. The number of amides is 1. The maximum atomic E-state index is 14.2. The van der Waals surface area contributed by atoms with Crippen LogP contribution in [0, 0.1) is 11.6 Å². The average Bonchev–Trinajstić information content (AvgIpc) is 2.86. The first kappa shape index (κ1) is 24.3. The Bertz CT molecular complexity index is 1350. The van der Waals surface area contributed by atoms with E-state index in [-0.39, 0.29) is 41.1 Å². The second-order valence-corrected chi connectivity index (χ2v) is 8.98. The van der Waals surface area contributed by atoms with Crippen molar-refractivity contribution in [1.29, 1.82) is 0 Å². The molecule has 5 rings (SSSR count). The van der Waals surface area contributed by atoms with Crippen LogP contribution in [0.15, 0.2) is 41.2 Å². The van der Waals surface area contributed by atoms with Gasteiger partial charge in [-0.3, -0.25) is 14.5 Å². The zero-order valence-electron chi connectivity index (χ0n) is 19.8. The lowest BCUT2D eigenvalue weighted by Crippen LogP contribution is -2.53. The molecule has 190 valence electrons. The van der Waals surface area contributed by atoms with Crippen molar-refractivity contribution in [3.05, 3.63) is 64.1 Å². The molecule has 0 spiro atoms. The van der Waals surface area contributed by atoms with E-state index in [1.165, 1.54) is 22.8 Å². The number of piperidine rings is 1. The van der Waals surface area contributed by atoms with E-state index in [2.05, 4.69) is 20.5 Å². The molecule has 11 heteroatoms. The van der Waals surface area contributed by atoms with Gasteiger partial charge < -0.3 is 24.7 Å². The van der Waals surface area contributed by atoms with Crippen molar-refractivity contribution >= 4 is 22.6 Å². The van der Waals surface area contributed by atoms with Gasteiger partial charge in [0.15, 0.2) is 18.2 Å². The van der Waals surface area contributed by atoms with Gasteiger partial charge in [-0.25, -0.2) is 13.8 Å². The van der Waals surface area contributed by atoms with Crippen LogP contribution in [0.3, 0.4) is 0 Å². The summed E-state index contributed by atoms with van der Waals surface area (Å²) in [6, 6.07) is 8.44. The number of likely N-dealkylation sites (tertiary alicyclic amines) is 1. The van der Waals surface area contributed by atoms with Crippen LogP contribution in [0.4, 0.5) is 14.6 Å². The standard InChI is InChI=1S/C25H27F2N5O4/c1-35-22-13-31(8-9-32-20-11-15(26)10-18(27)17(20)3-5-24(32)34)7-6-19(22)28-12-16-2-4-21-25(29-16)30-23(33)14-36-21/h2-5,10-11,19,22,28H,6-9,12-14H2,1H3,(H,29,30,33). The van der Waals surface area contributed by atoms with Crippen molar-refractivity contribution in [2.45, 2.75) is 31.7 Å². The predicted octanol–water partition coefficient (Wildman–Crippen LogP) is 1.88. The van der Waals surface area contributed by atoms with E-state index in [0.29, 0.717) is 37.7 Å². The predicted molar refractivity (Wildman–Crippen MR) is 129 cm³/mol. The number of nitrogens with zero attached hydrogens (tertiary/aromatic N) is 3. The SMILES string of the molecule is COC1CN(CCn2c(=O)ccc3c(F)cc(F)cc32)CCC1NCc1ccc2c(n1)NC(=O)CO2. The van der Waals surface area contributed by atoms with Crippen molar-refractivity contribution < 1.29 is 23.0 Å². The van der Waals surface area contributed by atoms with E-state index in [9.17, 15) is 18.4 Å². The molecule has 3 aromatic rings. The zero-order valence-corrected chi connectivity index (χ0v) is 19.8. The highest BCUT2D eigenvalue weighted by Crippen LogP contribution is 2.25. The van der Waals surface area contributed by atoms with Crippen LogP contribution in [0.5, 0.6) is 5.75 Å². The number of hydrogen-bond donors (Lipinski definition) is 2. The van der Waals surface area contributed by atoms with Gasteiger partial charge in [-0.05, 0) is 37.2 Å². The van der Waals surface area contributed by atoms with Gasteiger partial charge in [-0.1, -0.05) is 0 Å². The summed E-state index contributed by atoms with van der Waals surface area (Å²) in [6.45, 7) is 2.73. The number of pyridine rings is 2. The number of rotatable bonds is 7. The maximum Gasteiger partial charge on any atom is 0.263 e. The number of nitrogens with one attached hydrogen (secondary N) is 2. The first-order valence-electron chi connectivity index (χ1n) is 11.8. The minimum absolute atomic E-state index is 0.0106. The number of carbonyl (C=O) groups is 1. The molecule has 36 heavy (non-hydrogen) atoms. The van der Waals surface area contributed by atoms with Crippen LogP contribution >= 0.6 is 0 Å². The van der Waals surface area contributed by atoms with Crippen LogP contribution in [0.25, 0.3) is 10.9 Å². The van der Waals surface area contributed by atoms with Gasteiger partial charge in [-0.2, -0.15) is 0 Å². The molecule has 2 unspecified atom stereocenters. The van der Waals surface area contributed by atoms with Crippen molar-refractivity contribution in [3.63, 3.8) is 0 Å². The first-order chi connectivity index (χ1) is 17.4. The summed E-state index contributed by atoms with van der Waals surface area (Å²) in [5, 5.41) is 6.42. The Morgan fingerprint density at radius 3 is 2.89 bits per heavy atom. The topological polar surface area (TPSA) is 97.7 Å². The molecule has 2 atom stereocenters. The molecule has 0 saturated carbocycles. The Labute approximate surface area is 206 Å². The lowest BCUT2D eigenvalue weighted by Gasteiger charge is -2.38. The summed E-state index contributed by atoms with van der Waals surface area (Å²) < 4.78 is 40.5. The fraction of sp³-hybridized carbons (Fsp3) is 0.400. The molecule has 2 aliphatic heterocycles. The number of aromatic nitrogens is 2. The maximum absolute atomic E-state index is 14.2. The van der Waals surface area contributed by atoms with Crippen molar-refractivity contribution in [3.8, 4) is 5.75 Å². The molecule has 0 bridgehead atoms. The molecular weight excluding hydrogens is 472 g/mol. The second-order valence-electron chi connectivity index (χ2n) is 8.98. The molecule has 1 saturated heterocycles. The molecule has 0 aliphatic carbocycles. The third-order valence-corrected chi connectivity index (χ3v) is 6.69. The molecule has 2 N–H and O–H groups in total. The van der Waals surface area contributed by atoms with Gasteiger partial charge >= 0.3 is 0 Å². The Balaban J connectivity index is 1.20. The van der Waals surface area contributed by atoms with Crippen LogP contribution in [-0.4, -0.2) is 65.9 Å². The van der Waals surface area contributed by atoms with Crippen LogP contribution in [0.1, 0.15) is 12.1 Å². The molecule has 1 aromatic carbocycles. The van der Waals surface area contributed by atoms with Gasteiger partial charge in [0, 0.05) is 56.8 Å². The number of fused-ring (bicyclic) bond motifs is 2. The summed E-state index contributed by atoms with van der Waals surface area (Å²) in [6.07, 6.45) is 0.704. The first-order valence-corrected chi connectivity index (χ1v) is 11.8. The number of anilines is 1. The van der Waals surface area contributed by atoms with E-state index in [1.54, 1.807) is 13.2 Å². The number of methoxy groups -OCH3 is 1. The smallest absolute Gasteiger partial charge is 0.263 e. The fourth-order valence-electron chi connectivity index (χ4n) is 4.79. The lowest BCUT2D eigenvalue weighted by molar-refractivity contribution is -0.118. The summed E-state index contributed by atoms with van der Waals surface area (Å²) in [5.74, 6) is -0.653. The minimum atomic E-state index is -0.714. The Morgan fingerprint density at radius 1 is 1.19 bits per heavy atom. The van der Waals surface area contributed by atoms with Crippen LogP contribution in [-0.2, 0) is 22.6 Å². The van der Waals surface area contributed by atoms with Crippen molar-refractivity contribution in [1.82, 2.24) is 19.8 Å². The van der Waals surface area contributed by atoms with Crippen LogP contribution < -0.4 is 20.9 Å². The van der Waals surface area contributed by atoms with E-state index in [4.69, 9.17) is 9.47 Å². The number of hydrogen-bond acceptors (Lipinski definition) is 7. The molecular formula is C25H27F2N5O4. The molecule has 2 aliphatic rings. The third-order valence-electron chi connectivity index (χ3n) is 6.69. The van der Waals surface area contributed by atoms with E-state index < -0.39 is 11.6 Å². The summed E-state index contributed by atoms with van der Waals surface area (Å²) >= 11 is 0. The zero-order chi connectivity index (χ0) is 25.2. The number of halogens is 2. The van der Waals surface area contributed by atoms with Gasteiger partial charge in [-0.15, -0.1) is 0 Å². The quantitative estimate of drug-likeness (QED) is 0.512. The summed E-state index contributed by atoms with van der Waals surface area (Å²) in [4.78, 5) is 30.6. The largest absolute Gasteiger partial charge is 0.480 e. The fourth-order valence-corrected chi connectivity index (χ4v) is 4.79. The van der Waals surface area contributed by atoms with Gasteiger partial charge in [0.05, 0.1) is 17.3 Å². The third kappa shape index (κ3) is 5.08. The number of ether oxygens (including phenoxy) is 2. The number of benzene rings is 1. The van der Waals surface area contributed by atoms with Gasteiger partial charge in [0.25, 0.3) is 11.5 Å². The Morgan fingerprint density at radius 2 is 2.06 bits per heavy atom. The monoisotopic (exact) mass is 499 g/mol. The lowest BCUT2D eigenvalue weighted by atomic mass is 10.0. The molecule has 0 radical (unpaired) electrons. The molecule has 1 amide bonds. The van der Waals surface area contributed by atoms with Crippen molar-refractivity contribution in [2.24, 2.45) is 0 Å². The Hall–Kier alpha value is -3.41. The molecule has 4 heterocycles. The van der Waals surface area contributed by atoms with E-state index in [1.807, 2.05) is 6.07 Å². The van der Waals surface area contributed by atoms with E-state index in [0.717, 1.165) is 24.7 Å². The normalized spacial score (nSPS) is 20.1. The minimum Gasteiger partial charge on any atom is -0.480 e. The Kier molecular flexibility index (Phi) is 6.95. The second kappa shape index (κ2) is 10.3. The highest BCUT2D eigenvalue weighted by atomic mass is 19.1. The van der Waals surface area contributed by atoms with Gasteiger partial charge in [0.1, 0.15) is 11.6 Å². The highest BCUT2D eigenvalue weighted by Gasteiger charge is 2.29. The van der Waals surface area contributed by atoms with Crippen LogP contribution in [0.2, 0.25) is 0 Å². The average molecular weight is 500 g/mol. The molecule has 9 nitrogen and oxygen atoms in total. The molecule has 1 fully saturated rings. The van der Waals surface area contributed by atoms with Crippen molar-refractivity contribution in [2.75, 3.05) is 38.7 Å². The highest BCUT2D eigenvalue weighted by molar-refractivity contribution is 5.94. The van der Waals surface area contributed by atoms with E-state index >= 15 is 0 Å². The van der Waals surface area contributed by atoms with Gasteiger partial charge in [0.2, 0.25) is 0 Å². The summed E-state index contributed by atoms with van der Waals surface area (Å²) in [5.41, 5.74) is 0.720. The summed E-state index contributed by atoms with van der Waals surface area (Å²) in [7, 11) is 1.66. The number of carbonyl (C=O) groups excluding carboxylic acids is 1.